The number of carbonyl (C=O) groups excluding carboxylic acids is 2. The third-order valence-electron chi connectivity index (χ3n) is 5.48. The van der Waals surface area contributed by atoms with E-state index >= 15 is 0 Å². The Morgan fingerprint density at radius 3 is 2.26 bits per heavy atom. The van der Waals surface area contributed by atoms with Crippen molar-refractivity contribution in [1.82, 2.24) is 9.88 Å². The van der Waals surface area contributed by atoms with Gasteiger partial charge in [-0.1, -0.05) is 49.4 Å². The molecule has 27 heavy (non-hydrogen) atoms. The van der Waals surface area contributed by atoms with Crippen LogP contribution in [0.25, 0.3) is 10.9 Å². The van der Waals surface area contributed by atoms with Crippen LogP contribution in [0.3, 0.4) is 0 Å². The molecule has 136 valence electrons. The molecule has 0 saturated heterocycles. The highest BCUT2D eigenvalue weighted by Crippen LogP contribution is 2.32. The lowest BCUT2D eigenvalue weighted by atomic mass is 9.95. The Bertz CT molecular complexity index is 1040. The molecular formula is C23H22N2O2. The topological polar surface area (TPSA) is 53.2 Å². The predicted octanol–water partition coefficient (Wildman–Crippen LogP) is 4.69. The van der Waals surface area contributed by atoms with Crippen LogP contribution < -0.4 is 0 Å². The van der Waals surface area contributed by atoms with Crippen LogP contribution in [0.1, 0.15) is 51.7 Å². The monoisotopic (exact) mass is 358 g/mol. The van der Waals surface area contributed by atoms with E-state index in [-0.39, 0.29) is 17.7 Å². The molecule has 1 unspecified atom stereocenters. The lowest BCUT2D eigenvalue weighted by Gasteiger charge is -2.16. The number of nitrogens with one attached hydrogen (secondary N) is 1. The summed E-state index contributed by atoms with van der Waals surface area (Å²) in [6, 6.07) is 15.2. The van der Waals surface area contributed by atoms with Gasteiger partial charge in [-0.05, 0) is 37.1 Å². The second-order valence-corrected chi connectivity index (χ2v) is 7.19. The fourth-order valence-corrected chi connectivity index (χ4v) is 3.77. The summed E-state index contributed by atoms with van der Waals surface area (Å²) in [4.78, 5) is 30.2. The summed E-state index contributed by atoms with van der Waals surface area (Å²) in [5.74, 6) is -0.232. The van der Waals surface area contributed by atoms with Crippen LogP contribution in [0.4, 0.5) is 0 Å². The summed E-state index contributed by atoms with van der Waals surface area (Å²) in [6.45, 7) is 8.60. The van der Waals surface area contributed by atoms with E-state index < -0.39 is 0 Å². The molecule has 0 bridgehead atoms. The first-order chi connectivity index (χ1) is 13.0. The maximum atomic E-state index is 12.6. The van der Waals surface area contributed by atoms with Crippen LogP contribution in [0.5, 0.6) is 0 Å². The maximum absolute atomic E-state index is 12.6. The Morgan fingerprint density at radius 1 is 1.04 bits per heavy atom. The maximum Gasteiger partial charge on any atom is 0.261 e. The van der Waals surface area contributed by atoms with Gasteiger partial charge in [0.05, 0.1) is 11.1 Å². The van der Waals surface area contributed by atoms with Crippen LogP contribution >= 0.6 is 0 Å². The summed E-state index contributed by atoms with van der Waals surface area (Å²) < 4.78 is 0. The Morgan fingerprint density at radius 2 is 1.63 bits per heavy atom. The lowest BCUT2D eigenvalue weighted by Crippen LogP contribution is -2.31. The number of rotatable bonds is 5. The average molecular weight is 358 g/mol. The number of carbonyl (C=O) groups is 2. The van der Waals surface area contributed by atoms with Crippen LogP contribution in [0.15, 0.2) is 60.7 Å². The van der Waals surface area contributed by atoms with Crippen molar-refractivity contribution in [3.05, 3.63) is 83.1 Å². The number of hydrogen-bond acceptors (Lipinski definition) is 2. The van der Waals surface area contributed by atoms with Gasteiger partial charge in [-0.2, -0.15) is 0 Å². The van der Waals surface area contributed by atoms with E-state index in [1.807, 2.05) is 19.1 Å². The van der Waals surface area contributed by atoms with E-state index in [1.165, 1.54) is 4.90 Å². The van der Waals surface area contributed by atoms with Crippen molar-refractivity contribution in [1.29, 1.82) is 0 Å². The number of aromatic nitrogens is 1. The highest BCUT2D eigenvalue weighted by molar-refractivity contribution is 6.21. The zero-order valence-electron chi connectivity index (χ0n) is 15.6. The largest absolute Gasteiger partial charge is 0.358 e. The highest BCUT2D eigenvalue weighted by atomic mass is 16.2. The molecule has 4 nitrogen and oxygen atoms in total. The molecule has 2 amide bonds. The molecule has 3 aromatic rings. The smallest absolute Gasteiger partial charge is 0.261 e. The van der Waals surface area contributed by atoms with Gasteiger partial charge < -0.3 is 4.98 Å². The third kappa shape index (κ3) is 2.78. The van der Waals surface area contributed by atoms with Crippen molar-refractivity contribution >= 4 is 22.7 Å². The zero-order valence-corrected chi connectivity index (χ0v) is 15.6. The van der Waals surface area contributed by atoms with Gasteiger partial charge in [0.1, 0.15) is 0 Å². The molecule has 1 aliphatic rings. The number of hydrogen-bond donors (Lipinski definition) is 1. The minimum absolute atomic E-state index is 0.176. The molecule has 2 heterocycles. The second kappa shape index (κ2) is 6.54. The van der Waals surface area contributed by atoms with Crippen LogP contribution in [0, 0.1) is 0 Å². The first-order valence-electron chi connectivity index (χ1n) is 9.19. The molecular weight excluding hydrogens is 336 g/mol. The van der Waals surface area contributed by atoms with E-state index in [2.05, 4.69) is 30.6 Å². The molecule has 0 saturated carbocycles. The molecule has 2 aromatic carbocycles. The molecule has 0 radical (unpaired) electrons. The molecule has 1 atom stereocenters. The number of fused-ring (bicyclic) bond motifs is 2. The summed E-state index contributed by atoms with van der Waals surface area (Å²) in [5, 5.41) is 1.14. The first-order valence-corrected chi connectivity index (χ1v) is 9.19. The first kappa shape index (κ1) is 17.3. The quantitative estimate of drug-likeness (QED) is 0.531. The van der Waals surface area contributed by atoms with Crippen LogP contribution in [0.2, 0.25) is 0 Å². The Labute approximate surface area is 158 Å². The van der Waals surface area contributed by atoms with Crippen molar-refractivity contribution in [2.45, 2.75) is 26.2 Å². The molecule has 4 rings (SSSR count). The van der Waals surface area contributed by atoms with Gasteiger partial charge >= 0.3 is 0 Å². The molecule has 4 heteroatoms. The molecule has 1 aromatic heterocycles. The normalized spacial score (nSPS) is 14.7. The van der Waals surface area contributed by atoms with E-state index in [9.17, 15) is 9.59 Å². The minimum Gasteiger partial charge on any atom is -0.358 e. The fourth-order valence-electron chi connectivity index (χ4n) is 3.77. The number of benzene rings is 2. The Balaban J connectivity index is 1.67. The number of nitrogens with zero attached hydrogens (tertiary/aromatic N) is 1. The van der Waals surface area contributed by atoms with Gasteiger partial charge in [-0.15, -0.1) is 0 Å². The number of amides is 2. The molecule has 1 aliphatic heterocycles. The summed E-state index contributed by atoms with van der Waals surface area (Å²) >= 11 is 0. The van der Waals surface area contributed by atoms with E-state index in [1.54, 1.807) is 24.3 Å². The number of H-pyrrole nitrogens is 1. The number of imide groups is 1. The van der Waals surface area contributed by atoms with E-state index in [4.69, 9.17) is 0 Å². The second-order valence-electron chi connectivity index (χ2n) is 7.19. The summed E-state index contributed by atoms with van der Waals surface area (Å²) in [5.41, 5.74) is 5.40. The Kier molecular flexibility index (Phi) is 4.19. The number of para-hydroxylation sites is 1. The van der Waals surface area contributed by atoms with Crippen molar-refractivity contribution < 1.29 is 9.59 Å². The van der Waals surface area contributed by atoms with Gasteiger partial charge in [0.15, 0.2) is 0 Å². The lowest BCUT2D eigenvalue weighted by molar-refractivity contribution is 0.0656. The Hall–Kier alpha value is -3.14. The molecule has 0 aliphatic carbocycles. The number of aromatic amines is 1. The standard InChI is InChI=1S/C23H22N2O2/c1-14(2)15(3)21-17(16-8-6-7-11-20(16)24-21)12-13-25-22(26)18-9-4-5-10-19(18)23(25)27/h4-11,15,24H,1,12-13H2,2-3H3. The summed E-state index contributed by atoms with van der Waals surface area (Å²) in [7, 11) is 0. The minimum atomic E-state index is -0.204. The zero-order chi connectivity index (χ0) is 19.1. The average Bonchev–Trinajstić information content (AvgIpc) is 3.16. The van der Waals surface area contributed by atoms with Gasteiger partial charge in [-0.3, -0.25) is 14.5 Å². The van der Waals surface area contributed by atoms with Crippen LogP contribution in [-0.4, -0.2) is 28.2 Å². The van der Waals surface area contributed by atoms with Crippen molar-refractivity contribution in [3.8, 4) is 0 Å². The van der Waals surface area contributed by atoms with Gasteiger partial charge in [0, 0.05) is 29.1 Å². The van der Waals surface area contributed by atoms with E-state index in [0.717, 1.165) is 27.7 Å². The third-order valence-corrected chi connectivity index (χ3v) is 5.48. The highest BCUT2D eigenvalue weighted by Gasteiger charge is 2.35. The molecule has 1 N–H and O–H groups in total. The SMILES string of the molecule is C=C(C)C(C)c1[nH]c2ccccc2c1CCN1C(=O)c2ccccc2C1=O. The number of allylic oxidation sites excluding steroid dienone is 1. The van der Waals surface area contributed by atoms with Crippen LogP contribution in [-0.2, 0) is 6.42 Å². The summed E-state index contributed by atoms with van der Waals surface area (Å²) in [6.07, 6.45) is 0.614. The van der Waals surface area contributed by atoms with Gasteiger partial charge in [-0.25, -0.2) is 0 Å². The molecule has 0 spiro atoms. The van der Waals surface area contributed by atoms with Crippen molar-refractivity contribution in [2.24, 2.45) is 0 Å². The predicted molar refractivity (Wildman–Crippen MR) is 107 cm³/mol. The van der Waals surface area contributed by atoms with Crippen molar-refractivity contribution in [2.75, 3.05) is 6.54 Å². The fraction of sp³-hybridized carbons (Fsp3) is 0.217. The van der Waals surface area contributed by atoms with Crippen molar-refractivity contribution in [3.63, 3.8) is 0 Å². The molecule has 0 fully saturated rings. The van der Waals surface area contributed by atoms with E-state index in [0.29, 0.717) is 24.1 Å². The van der Waals surface area contributed by atoms with Gasteiger partial charge in [0.2, 0.25) is 0 Å². The van der Waals surface area contributed by atoms with Gasteiger partial charge in [0.25, 0.3) is 11.8 Å².